The first-order valence-corrected chi connectivity index (χ1v) is 12.6. The summed E-state index contributed by atoms with van der Waals surface area (Å²) >= 11 is 0. The molecule has 4 rings (SSSR count). The number of amides is 1. The number of para-hydroxylation sites is 3. The number of fused-ring (bicyclic) bond motifs is 1. The molecule has 1 amide bonds. The Morgan fingerprint density at radius 2 is 1.79 bits per heavy atom. The highest BCUT2D eigenvalue weighted by molar-refractivity contribution is 6.02. The molecule has 9 heteroatoms. The Morgan fingerprint density at radius 3 is 2.47 bits per heavy atom. The summed E-state index contributed by atoms with van der Waals surface area (Å²) in [5.74, 6) is 0.871. The number of methoxy groups -OCH3 is 4. The first-order valence-electron chi connectivity index (χ1n) is 12.6. The van der Waals surface area contributed by atoms with Crippen LogP contribution in [0.3, 0.4) is 0 Å². The second kappa shape index (κ2) is 11.4. The predicted octanol–water partition coefficient (Wildman–Crippen LogP) is 4.06. The molecular formula is C29H37N3O6. The maximum absolute atomic E-state index is 13.9. The van der Waals surface area contributed by atoms with E-state index in [1.807, 2.05) is 47.4 Å². The van der Waals surface area contributed by atoms with Crippen molar-refractivity contribution in [3.05, 3.63) is 59.3 Å². The molecule has 1 aliphatic heterocycles. The van der Waals surface area contributed by atoms with Crippen LogP contribution in [0, 0.1) is 5.41 Å². The largest absolute Gasteiger partial charge is 0.493 e. The Labute approximate surface area is 224 Å². The highest BCUT2D eigenvalue weighted by Crippen LogP contribution is 2.50. The molecule has 2 aromatic carbocycles. The van der Waals surface area contributed by atoms with Crippen LogP contribution in [0.15, 0.2) is 53.7 Å². The van der Waals surface area contributed by atoms with Crippen LogP contribution in [0.1, 0.15) is 38.3 Å². The van der Waals surface area contributed by atoms with E-state index < -0.39 is 12.3 Å². The van der Waals surface area contributed by atoms with E-state index in [-0.39, 0.29) is 30.2 Å². The van der Waals surface area contributed by atoms with E-state index in [0.29, 0.717) is 29.9 Å². The van der Waals surface area contributed by atoms with Gasteiger partial charge in [0, 0.05) is 37.5 Å². The minimum atomic E-state index is -0.596. The van der Waals surface area contributed by atoms with Crippen LogP contribution in [-0.2, 0) is 19.1 Å². The molecule has 1 heterocycles. The fourth-order valence-electron chi connectivity index (χ4n) is 5.35. The molecule has 0 saturated heterocycles. The number of rotatable bonds is 9. The molecule has 2 aromatic rings. The van der Waals surface area contributed by atoms with E-state index in [2.05, 4.69) is 24.5 Å². The molecule has 1 unspecified atom stereocenters. The Hall–Kier alpha value is -3.56. The predicted molar refractivity (Wildman–Crippen MR) is 146 cm³/mol. The van der Waals surface area contributed by atoms with Gasteiger partial charge in [-0.3, -0.25) is 9.59 Å². The summed E-state index contributed by atoms with van der Waals surface area (Å²) in [5, 5.41) is 6.45. The number of ketones is 1. The third-order valence-electron chi connectivity index (χ3n) is 7.04. The van der Waals surface area contributed by atoms with E-state index >= 15 is 0 Å². The molecule has 9 nitrogen and oxygen atoms in total. The molecule has 1 atom stereocenters. The lowest BCUT2D eigenvalue weighted by atomic mass is 9.73. The molecule has 2 N–H and O–H groups in total. The molecule has 0 bridgehead atoms. The van der Waals surface area contributed by atoms with E-state index in [1.165, 1.54) is 14.2 Å². The highest BCUT2D eigenvalue weighted by atomic mass is 16.7. The number of Topliss-reactive ketones (excluding diaryl/α,β-unsaturated/α-hetero) is 1. The smallest absolute Gasteiger partial charge is 0.239 e. The van der Waals surface area contributed by atoms with Crippen molar-refractivity contribution in [2.45, 2.75) is 39.0 Å². The summed E-state index contributed by atoms with van der Waals surface area (Å²) in [5.41, 5.74) is 3.65. The van der Waals surface area contributed by atoms with E-state index in [9.17, 15) is 9.59 Å². The lowest BCUT2D eigenvalue weighted by molar-refractivity contribution is -0.126. The van der Waals surface area contributed by atoms with Gasteiger partial charge in [-0.25, -0.2) is 0 Å². The van der Waals surface area contributed by atoms with E-state index in [0.717, 1.165) is 22.6 Å². The SMILES string of the molecule is COc1cccc(C2C3=C(CC(C)(C)CC3=O)Nc3ccccc3N2CC(=O)NCC(OC)OC)c1OC. The average molecular weight is 524 g/mol. The number of carbonyl (C=O) groups excluding carboxylic acids is 2. The Balaban J connectivity index is 1.90. The van der Waals surface area contributed by atoms with E-state index in [1.54, 1.807) is 14.2 Å². The fraction of sp³-hybridized carbons (Fsp3) is 0.448. The monoisotopic (exact) mass is 523 g/mol. The maximum atomic E-state index is 13.9. The van der Waals surface area contributed by atoms with Gasteiger partial charge in [0.1, 0.15) is 0 Å². The summed E-state index contributed by atoms with van der Waals surface area (Å²) in [4.78, 5) is 29.2. The van der Waals surface area contributed by atoms with Crippen LogP contribution in [0.25, 0.3) is 0 Å². The van der Waals surface area contributed by atoms with Gasteiger partial charge in [-0.1, -0.05) is 38.1 Å². The third-order valence-corrected chi connectivity index (χ3v) is 7.04. The van der Waals surface area contributed by atoms with Gasteiger partial charge in [0.25, 0.3) is 0 Å². The zero-order valence-electron chi connectivity index (χ0n) is 22.9. The van der Waals surface area contributed by atoms with Crippen LogP contribution in [0.5, 0.6) is 11.5 Å². The number of ether oxygens (including phenoxy) is 4. The lowest BCUT2D eigenvalue weighted by Crippen LogP contribution is -2.44. The summed E-state index contributed by atoms with van der Waals surface area (Å²) in [7, 11) is 6.20. The minimum Gasteiger partial charge on any atom is -0.493 e. The number of hydrogen-bond donors (Lipinski definition) is 2. The number of nitrogens with one attached hydrogen (secondary N) is 2. The zero-order chi connectivity index (χ0) is 27.4. The van der Waals surface area contributed by atoms with Gasteiger partial charge >= 0.3 is 0 Å². The first kappa shape index (κ1) is 27.5. The normalized spacial score (nSPS) is 18.3. The Morgan fingerprint density at radius 1 is 1.05 bits per heavy atom. The van der Waals surface area contributed by atoms with Crippen molar-refractivity contribution in [3.8, 4) is 11.5 Å². The summed E-state index contributed by atoms with van der Waals surface area (Å²) in [6.45, 7) is 4.37. The van der Waals surface area contributed by atoms with E-state index in [4.69, 9.17) is 18.9 Å². The molecule has 0 spiro atoms. The van der Waals surface area contributed by atoms with Crippen molar-refractivity contribution >= 4 is 23.1 Å². The van der Waals surface area contributed by atoms with Gasteiger partial charge in [-0.2, -0.15) is 0 Å². The average Bonchev–Trinajstić information content (AvgIpc) is 3.02. The number of nitrogens with zero attached hydrogens (tertiary/aromatic N) is 1. The molecule has 1 aliphatic carbocycles. The molecule has 204 valence electrons. The summed E-state index contributed by atoms with van der Waals surface area (Å²) in [6, 6.07) is 12.8. The van der Waals surface area contributed by atoms with Crippen molar-refractivity contribution in [2.24, 2.45) is 5.41 Å². The molecule has 0 radical (unpaired) electrons. The lowest BCUT2D eigenvalue weighted by Gasteiger charge is -2.38. The number of hydrogen-bond acceptors (Lipinski definition) is 8. The molecule has 38 heavy (non-hydrogen) atoms. The standard InChI is InChI=1S/C29H37N3O6/c1-29(2)14-20-26(22(33)15-29)27(18-10-9-13-23(35-3)28(18)38-6)32(21-12-8-7-11-19(21)31-20)17-24(34)30-16-25(36-4)37-5/h7-13,25,27,31H,14-17H2,1-6H3,(H,30,34). The van der Waals surface area contributed by atoms with Gasteiger partial charge in [-0.15, -0.1) is 0 Å². The van der Waals surface area contributed by atoms with Crippen molar-refractivity contribution in [2.75, 3.05) is 51.7 Å². The number of allylic oxidation sites excluding steroid dienone is 1. The number of benzene rings is 2. The minimum absolute atomic E-state index is 0.0165. The van der Waals surface area contributed by atoms with Crippen molar-refractivity contribution in [3.63, 3.8) is 0 Å². The van der Waals surface area contributed by atoms with Crippen LogP contribution < -0.4 is 25.0 Å². The number of carbonyl (C=O) groups is 2. The molecule has 2 aliphatic rings. The number of anilines is 2. The van der Waals surface area contributed by atoms with Crippen LogP contribution in [-0.4, -0.2) is 59.5 Å². The van der Waals surface area contributed by atoms with Gasteiger partial charge in [0.2, 0.25) is 5.91 Å². The Bertz CT molecular complexity index is 1220. The highest BCUT2D eigenvalue weighted by Gasteiger charge is 2.43. The first-order chi connectivity index (χ1) is 18.2. The van der Waals surface area contributed by atoms with Crippen LogP contribution >= 0.6 is 0 Å². The quantitative estimate of drug-likeness (QED) is 0.475. The zero-order valence-corrected chi connectivity index (χ0v) is 22.9. The van der Waals surface area contributed by atoms with Gasteiger partial charge in [0.15, 0.2) is 23.6 Å². The summed E-state index contributed by atoms with van der Waals surface area (Å²) < 4.78 is 21.9. The maximum Gasteiger partial charge on any atom is 0.239 e. The topological polar surface area (TPSA) is 98.4 Å². The van der Waals surface area contributed by atoms with Crippen molar-refractivity contribution in [1.29, 1.82) is 0 Å². The van der Waals surface area contributed by atoms with Crippen molar-refractivity contribution < 1.29 is 28.5 Å². The molecule has 0 aromatic heterocycles. The van der Waals surface area contributed by atoms with Crippen molar-refractivity contribution in [1.82, 2.24) is 5.32 Å². The van der Waals surface area contributed by atoms with Crippen LogP contribution in [0.4, 0.5) is 11.4 Å². The second-order valence-electron chi connectivity index (χ2n) is 10.3. The molecule has 0 saturated carbocycles. The Kier molecular flexibility index (Phi) is 8.28. The van der Waals surface area contributed by atoms with Gasteiger partial charge in [-0.05, 0) is 30.0 Å². The third kappa shape index (κ3) is 5.49. The van der Waals surface area contributed by atoms with Gasteiger partial charge in [0.05, 0.1) is 44.7 Å². The second-order valence-corrected chi connectivity index (χ2v) is 10.3. The summed E-state index contributed by atoms with van der Waals surface area (Å²) in [6.07, 6.45) is 0.521. The van der Waals surface area contributed by atoms with Crippen LogP contribution in [0.2, 0.25) is 0 Å². The molecule has 0 fully saturated rings. The van der Waals surface area contributed by atoms with Gasteiger partial charge < -0.3 is 34.5 Å². The fourth-order valence-corrected chi connectivity index (χ4v) is 5.35. The molecular weight excluding hydrogens is 486 g/mol.